The van der Waals surface area contributed by atoms with Crippen LogP contribution in [0, 0.1) is 0 Å². The molecule has 0 saturated carbocycles. The van der Waals surface area contributed by atoms with Gasteiger partial charge in [-0.1, -0.05) is 0 Å². The van der Waals surface area contributed by atoms with Gasteiger partial charge in [0.25, 0.3) is 0 Å². The molecule has 0 radical (unpaired) electrons. The molecule has 1 aliphatic heterocycles. The van der Waals surface area contributed by atoms with Gasteiger partial charge in [-0.2, -0.15) is 0 Å². The maximum Gasteiger partial charge on any atom is 0.224 e. The quantitative estimate of drug-likeness (QED) is 0.584. The number of methoxy groups -OCH3 is 1. The van der Waals surface area contributed by atoms with E-state index in [4.69, 9.17) is 10.5 Å². The van der Waals surface area contributed by atoms with E-state index < -0.39 is 0 Å². The molecule has 0 aliphatic carbocycles. The first-order valence-corrected chi connectivity index (χ1v) is 3.78. The lowest BCUT2D eigenvalue weighted by molar-refractivity contribution is -0.142. The molecule has 1 heterocycles. The van der Waals surface area contributed by atoms with E-state index in [0.717, 1.165) is 13.1 Å². The lowest BCUT2D eigenvalue weighted by Crippen LogP contribution is -2.54. The van der Waals surface area contributed by atoms with Crippen molar-refractivity contribution < 1.29 is 9.53 Å². The van der Waals surface area contributed by atoms with Gasteiger partial charge in [0.05, 0.1) is 6.10 Å². The monoisotopic (exact) mass is 158 g/mol. The smallest absolute Gasteiger partial charge is 0.224 e. The molecule has 0 aromatic rings. The van der Waals surface area contributed by atoms with E-state index in [1.54, 1.807) is 12.0 Å². The van der Waals surface area contributed by atoms with Crippen molar-refractivity contribution in [2.24, 2.45) is 5.73 Å². The molecule has 0 aromatic carbocycles. The third-order valence-corrected chi connectivity index (χ3v) is 1.89. The number of carbonyl (C=O) groups is 1. The molecule has 0 atom stereocenters. The van der Waals surface area contributed by atoms with Crippen molar-refractivity contribution in [3.05, 3.63) is 0 Å². The van der Waals surface area contributed by atoms with E-state index in [-0.39, 0.29) is 12.0 Å². The number of hydrogen-bond acceptors (Lipinski definition) is 3. The number of carbonyl (C=O) groups excluding carboxylic acids is 1. The van der Waals surface area contributed by atoms with Gasteiger partial charge in [-0.15, -0.1) is 0 Å². The molecular formula is C7H14N2O2. The number of hydrogen-bond donors (Lipinski definition) is 1. The summed E-state index contributed by atoms with van der Waals surface area (Å²) in [5.74, 6) is 0.140. The molecule has 1 amide bonds. The van der Waals surface area contributed by atoms with Crippen LogP contribution in [-0.2, 0) is 9.53 Å². The molecular weight excluding hydrogens is 144 g/mol. The molecule has 64 valence electrons. The minimum Gasteiger partial charge on any atom is -0.378 e. The van der Waals surface area contributed by atoms with E-state index in [0.29, 0.717) is 13.0 Å². The zero-order chi connectivity index (χ0) is 8.27. The molecule has 0 spiro atoms. The molecule has 0 bridgehead atoms. The second-order valence-electron chi connectivity index (χ2n) is 2.70. The van der Waals surface area contributed by atoms with Gasteiger partial charge >= 0.3 is 0 Å². The summed E-state index contributed by atoms with van der Waals surface area (Å²) in [6.45, 7) is 1.90. The second-order valence-corrected chi connectivity index (χ2v) is 2.70. The van der Waals surface area contributed by atoms with E-state index in [2.05, 4.69) is 0 Å². The molecule has 1 fully saturated rings. The zero-order valence-corrected chi connectivity index (χ0v) is 6.75. The molecule has 0 aromatic heterocycles. The highest BCUT2D eigenvalue weighted by Crippen LogP contribution is 2.11. The van der Waals surface area contributed by atoms with Crippen molar-refractivity contribution in [1.29, 1.82) is 0 Å². The fourth-order valence-electron chi connectivity index (χ4n) is 1.07. The van der Waals surface area contributed by atoms with Crippen LogP contribution >= 0.6 is 0 Å². The highest BCUT2D eigenvalue weighted by atomic mass is 16.5. The number of ether oxygens (including phenoxy) is 1. The lowest BCUT2D eigenvalue weighted by atomic mass is 10.1. The van der Waals surface area contributed by atoms with Crippen molar-refractivity contribution in [2.45, 2.75) is 12.5 Å². The Morgan fingerprint density at radius 2 is 2.36 bits per heavy atom. The van der Waals surface area contributed by atoms with E-state index in [9.17, 15) is 4.79 Å². The summed E-state index contributed by atoms with van der Waals surface area (Å²) in [6, 6.07) is 0. The van der Waals surface area contributed by atoms with Crippen LogP contribution in [0.3, 0.4) is 0 Å². The molecule has 1 aliphatic rings. The predicted molar refractivity (Wildman–Crippen MR) is 41.0 cm³/mol. The van der Waals surface area contributed by atoms with Crippen molar-refractivity contribution in [2.75, 3.05) is 26.7 Å². The molecule has 1 saturated heterocycles. The summed E-state index contributed by atoms with van der Waals surface area (Å²) in [5, 5.41) is 0. The van der Waals surface area contributed by atoms with Crippen molar-refractivity contribution >= 4 is 5.91 Å². The van der Waals surface area contributed by atoms with E-state index in [1.807, 2.05) is 0 Å². The highest BCUT2D eigenvalue weighted by molar-refractivity contribution is 5.77. The Kier molecular flexibility index (Phi) is 2.84. The van der Waals surface area contributed by atoms with Crippen molar-refractivity contribution in [3.8, 4) is 0 Å². The number of amides is 1. The van der Waals surface area contributed by atoms with Crippen LogP contribution in [0.4, 0.5) is 0 Å². The van der Waals surface area contributed by atoms with Crippen LogP contribution in [0.5, 0.6) is 0 Å². The van der Waals surface area contributed by atoms with E-state index >= 15 is 0 Å². The van der Waals surface area contributed by atoms with Crippen LogP contribution in [0.1, 0.15) is 6.42 Å². The SMILES string of the molecule is COC1CN(C(=O)CCN)C1. The average Bonchev–Trinajstić information content (AvgIpc) is 1.86. The molecule has 1 rings (SSSR count). The molecule has 4 nitrogen and oxygen atoms in total. The van der Waals surface area contributed by atoms with Gasteiger partial charge in [-0.25, -0.2) is 0 Å². The standard InChI is InChI=1S/C7H14N2O2/c1-11-6-4-9(5-6)7(10)2-3-8/h6H,2-5,8H2,1H3. The molecule has 11 heavy (non-hydrogen) atoms. The Balaban J connectivity index is 2.16. The Labute approximate surface area is 66.3 Å². The topological polar surface area (TPSA) is 55.6 Å². The van der Waals surface area contributed by atoms with Gasteiger partial charge in [0.15, 0.2) is 0 Å². The fraction of sp³-hybridized carbons (Fsp3) is 0.857. The maximum atomic E-state index is 11.1. The third-order valence-electron chi connectivity index (χ3n) is 1.89. The Hall–Kier alpha value is -0.610. The van der Waals surface area contributed by atoms with Gasteiger partial charge < -0.3 is 15.4 Å². The zero-order valence-electron chi connectivity index (χ0n) is 6.75. The summed E-state index contributed by atoms with van der Waals surface area (Å²) in [5.41, 5.74) is 5.23. The summed E-state index contributed by atoms with van der Waals surface area (Å²) in [4.78, 5) is 12.8. The molecule has 0 unspecified atom stereocenters. The van der Waals surface area contributed by atoms with Gasteiger partial charge in [0.1, 0.15) is 0 Å². The summed E-state index contributed by atoms with van der Waals surface area (Å²) < 4.78 is 5.02. The van der Waals surface area contributed by atoms with Crippen LogP contribution in [0.25, 0.3) is 0 Å². The van der Waals surface area contributed by atoms with Crippen LogP contribution < -0.4 is 5.73 Å². The first kappa shape index (κ1) is 8.49. The summed E-state index contributed by atoms with van der Waals surface area (Å²) in [6.07, 6.45) is 0.702. The maximum absolute atomic E-state index is 11.1. The minimum absolute atomic E-state index is 0.140. The molecule has 4 heteroatoms. The molecule has 2 N–H and O–H groups in total. The summed E-state index contributed by atoms with van der Waals surface area (Å²) >= 11 is 0. The van der Waals surface area contributed by atoms with Crippen molar-refractivity contribution in [3.63, 3.8) is 0 Å². The first-order valence-electron chi connectivity index (χ1n) is 3.78. The predicted octanol–water partition coefficient (Wildman–Crippen LogP) is -0.808. The van der Waals surface area contributed by atoms with Crippen LogP contribution in [0.15, 0.2) is 0 Å². The Bertz CT molecular complexity index is 143. The van der Waals surface area contributed by atoms with Crippen LogP contribution in [0.2, 0.25) is 0 Å². The number of likely N-dealkylation sites (tertiary alicyclic amines) is 1. The normalized spacial score (nSPS) is 18.2. The van der Waals surface area contributed by atoms with Gasteiger partial charge in [-0.05, 0) is 0 Å². The number of nitrogens with zero attached hydrogens (tertiary/aromatic N) is 1. The fourth-order valence-corrected chi connectivity index (χ4v) is 1.07. The van der Waals surface area contributed by atoms with E-state index in [1.165, 1.54) is 0 Å². The summed E-state index contributed by atoms with van der Waals surface area (Å²) in [7, 11) is 1.66. The Morgan fingerprint density at radius 1 is 1.73 bits per heavy atom. The minimum atomic E-state index is 0.140. The largest absolute Gasteiger partial charge is 0.378 e. The van der Waals surface area contributed by atoms with Gasteiger partial charge in [0, 0.05) is 33.2 Å². The van der Waals surface area contributed by atoms with Gasteiger partial charge in [-0.3, -0.25) is 4.79 Å². The first-order chi connectivity index (χ1) is 5.27. The lowest BCUT2D eigenvalue weighted by Gasteiger charge is -2.38. The number of nitrogens with two attached hydrogens (primary N) is 1. The number of rotatable bonds is 3. The van der Waals surface area contributed by atoms with Crippen LogP contribution in [-0.4, -0.2) is 43.7 Å². The van der Waals surface area contributed by atoms with Crippen molar-refractivity contribution in [1.82, 2.24) is 4.90 Å². The highest BCUT2D eigenvalue weighted by Gasteiger charge is 2.29. The third kappa shape index (κ3) is 1.91. The average molecular weight is 158 g/mol. The Morgan fingerprint density at radius 3 is 2.82 bits per heavy atom. The second kappa shape index (κ2) is 3.69. The van der Waals surface area contributed by atoms with Gasteiger partial charge in [0.2, 0.25) is 5.91 Å².